The van der Waals surface area contributed by atoms with Crippen LogP contribution in [0.15, 0.2) is 4.52 Å². The third-order valence-corrected chi connectivity index (χ3v) is 2.19. The molecule has 0 spiro atoms. The minimum atomic E-state index is -0.169. The number of nitrogens with zero attached hydrogens (tertiary/aromatic N) is 2. The lowest BCUT2D eigenvalue weighted by Gasteiger charge is -2.04. The van der Waals surface area contributed by atoms with Crippen LogP contribution in [0, 0.1) is 6.92 Å². The molecule has 0 saturated carbocycles. The van der Waals surface area contributed by atoms with Crippen LogP contribution in [0.1, 0.15) is 38.4 Å². The van der Waals surface area contributed by atoms with Crippen molar-refractivity contribution >= 4 is 5.91 Å². The lowest BCUT2D eigenvalue weighted by molar-refractivity contribution is -0.123. The van der Waals surface area contributed by atoms with E-state index >= 15 is 0 Å². The zero-order valence-corrected chi connectivity index (χ0v) is 10.4. The van der Waals surface area contributed by atoms with Gasteiger partial charge in [-0.15, -0.1) is 0 Å². The predicted octanol–water partition coefficient (Wildman–Crippen LogP) is 1.45. The summed E-state index contributed by atoms with van der Waals surface area (Å²) in [5, 5.41) is 6.31. The summed E-state index contributed by atoms with van der Waals surface area (Å²) >= 11 is 0. The monoisotopic (exact) mass is 241 g/mol. The molecular formula is C11H19N3O3. The Balaban J connectivity index is 2.05. The van der Waals surface area contributed by atoms with Gasteiger partial charge in [-0.1, -0.05) is 31.3 Å². The summed E-state index contributed by atoms with van der Waals surface area (Å²) in [6.07, 6.45) is 4.56. The lowest BCUT2D eigenvalue weighted by Crippen LogP contribution is -2.29. The first-order valence-corrected chi connectivity index (χ1v) is 5.92. The molecule has 1 aromatic rings. The molecule has 0 bridgehead atoms. The topological polar surface area (TPSA) is 77.2 Å². The SMILES string of the molecule is CCCCCCNC(=O)COc1nc(C)no1. The standard InChI is InChI=1S/C11H19N3O3/c1-3-4-5-6-7-12-10(15)8-16-11-13-9(2)14-17-11/h3-8H2,1-2H3,(H,12,15). The van der Waals surface area contributed by atoms with Crippen molar-refractivity contribution in [2.75, 3.05) is 13.2 Å². The molecule has 1 N–H and O–H groups in total. The van der Waals surface area contributed by atoms with Crippen molar-refractivity contribution in [2.24, 2.45) is 0 Å². The molecule has 6 heteroatoms. The number of rotatable bonds is 8. The van der Waals surface area contributed by atoms with Crippen LogP contribution in [-0.2, 0) is 4.79 Å². The Morgan fingerprint density at radius 3 is 2.88 bits per heavy atom. The summed E-state index contributed by atoms with van der Waals surface area (Å²) in [6, 6.07) is 0. The molecule has 0 atom stereocenters. The number of carbonyl (C=O) groups is 1. The summed E-state index contributed by atoms with van der Waals surface area (Å²) in [5.74, 6) is 0.317. The van der Waals surface area contributed by atoms with E-state index in [1.807, 2.05) is 0 Å². The van der Waals surface area contributed by atoms with E-state index in [0.717, 1.165) is 12.8 Å². The van der Waals surface area contributed by atoms with Gasteiger partial charge in [0.25, 0.3) is 5.91 Å². The fraction of sp³-hybridized carbons (Fsp3) is 0.727. The second-order valence-corrected chi connectivity index (χ2v) is 3.81. The quantitative estimate of drug-likeness (QED) is 0.697. The Morgan fingerprint density at radius 2 is 2.24 bits per heavy atom. The first-order chi connectivity index (χ1) is 8.22. The molecule has 17 heavy (non-hydrogen) atoms. The van der Waals surface area contributed by atoms with Gasteiger partial charge in [-0.3, -0.25) is 9.32 Å². The van der Waals surface area contributed by atoms with Crippen LogP contribution >= 0.6 is 0 Å². The van der Waals surface area contributed by atoms with E-state index in [-0.39, 0.29) is 18.6 Å². The molecule has 0 unspecified atom stereocenters. The van der Waals surface area contributed by atoms with Crippen LogP contribution in [0.25, 0.3) is 0 Å². The highest BCUT2D eigenvalue weighted by Gasteiger charge is 2.06. The maximum Gasteiger partial charge on any atom is 0.417 e. The first kappa shape index (κ1) is 13.5. The predicted molar refractivity (Wildman–Crippen MR) is 61.7 cm³/mol. The molecular weight excluding hydrogens is 222 g/mol. The largest absolute Gasteiger partial charge is 0.439 e. The van der Waals surface area contributed by atoms with E-state index in [1.165, 1.54) is 12.8 Å². The van der Waals surface area contributed by atoms with Gasteiger partial charge in [0.2, 0.25) is 0 Å². The zero-order valence-electron chi connectivity index (χ0n) is 10.4. The Kier molecular flexibility index (Phi) is 6.06. The number of ether oxygens (including phenoxy) is 1. The number of unbranched alkanes of at least 4 members (excludes halogenated alkanes) is 3. The van der Waals surface area contributed by atoms with Gasteiger partial charge >= 0.3 is 6.08 Å². The van der Waals surface area contributed by atoms with E-state index < -0.39 is 0 Å². The Labute approximate surface area is 101 Å². The molecule has 0 fully saturated rings. The number of carbonyl (C=O) groups excluding carboxylic acids is 1. The van der Waals surface area contributed by atoms with Crippen LogP contribution in [-0.4, -0.2) is 29.2 Å². The first-order valence-electron chi connectivity index (χ1n) is 5.92. The molecule has 0 aliphatic heterocycles. The van der Waals surface area contributed by atoms with Crippen molar-refractivity contribution in [3.05, 3.63) is 5.82 Å². The van der Waals surface area contributed by atoms with Crippen LogP contribution in [0.4, 0.5) is 0 Å². The van der Waals surface area contributed by atoms with Crippen molar-refractivity contribution in [1.29, 1.82) is 0 Å². The number of amides is 1. The van der Waals surface area contributed by atoms with E-state index in [2.05, 4.69) is 22.4 Å². The molecule has 1 amide bonds. The highest BCUT2D eigenvalue weighted by atomic mass is 16.6. The summed E-state index contributed by atoms with van der Waals surface area (Å²) in [7, 11) is 0. The van der Waals surface area contributed by atoms with Crippen LogP contribution < -0.4 is 10.1 Å². The van der Waals surface area contributed by atoms with Gasteiger partial charge < -0.3 is 10.1 Å². The highest BCUT2D eigenvalue weighted by Crippen LogP contribution is 2.04. The minimum absolute atomic E-state index is 0.0311. The van der Waals surface area contributed by atoms with Gasteiger partial charge in [-0.2, -0.15) is 4.98 Å². The maximum absolute atomic E-state index is 11.3. The number of hydrogen-bond donors (Lipinski definition) is 1. The summed E-state index contributed by atoms with van der Waals surface area (Å²) in [5.41, 5.74) is 0. The minimum Gasteiger partial charge on any atom is -0.439 e. The molecule has 1 rings (SSSR count). The molecule has 1 aromatic heterocycles. The van der Waals surface area contributed by atoms with Crippen molar-refractivity contribution in [3.8, 4) is 6.08 Å². The number of aryl methyl sites for hydroxylation is 1. The van der Waals surface area contributed by atoms with Crippen molar-refractivity contribution in [3.63, 3.8) is 0 Å². The van der Waals surface area contributed by atoms with Gasteiger partial charge in [-0.05, 0) is 13.3 Å². The van der Waals surface area contributed by atoms with Gasteiger partial charge in [0, 0.05) is 6.54 Å². The molecule has 0 radical (unpaired) electrons. The number of nitrogens with one attached hydrogen (secondary N) is 1. The van der Waals surface area contributed by atoms with E-state index in [4.69, 9.17) is 9.26 Å². The Morgan fingerprint density at radius 1 is 1.41 bits per heavy atom. The molecule has 0 saturated heterocycles. The number of aromatic nitrogens is 2. The van der Waals surface area contributed by atoms with Gasteiger partial charge in [0.15, 0.2) is 12.4 Å². The molecule has 0 aromatic carbocycles. The van der Waals surface area contributed by atoms with Crippen molar-refractivity contribution < 1.29 is 14.1 Å². The van der Waals surface area contributed by atoms with Crippen molar-refractivity contribution in [1.82, 2.24) is 15.5 Å². The van der Waals surface area contributed by atoms with Gasteiger partial charge in [0.1, 0.15) is 0 Å². The van der Waals surface area contributed by atoms with Gasteiger partial charge in [0.05, 0.1) is 0 Å². The molecule has 96 valence electrons. The zero-order chi connectivity index (χ0) is 12.5. The van der Waals surface area contributed by atoms with Gasteiger partial charge in [-0.25, -0.2) is 0 Å². The number of hydrogen-bond acceptors (Lipinski definition) is 5. The molecule has 6 nitrogen and oxygen atoms in total. The smallest absolute Gasteiger partial charge is 0.417 e. The average molecular weight is 241 g/mol. The Bertz CT molecular complexity index is 338. The summed E-state index contributed by atoms with van der Waals surface area (Å²) in [6.45, 7) is 4.43. The Hall–Kier alpha value is -1.59. The highest BCUT2D eigenvalue weighted by molar-refractivity contribution is 5.77. The summed E-state index contributed by atoms with van der Waals surface area (Å²) in [4.78, 5) is 15.2. The second kappa shape index (κ2) is 7.65. The average Bonchev–Trinajstić information content (AvgIpc) is 2.72. The van der Waals surface area contributed by atoms with Crippen LogP contribution in [0.5, 0.6) is 6.08 Å². The van der Waals surface area contributed by atoms with E-state index in [0.29, 0.717) is 12.4 Å². The van der Waals surface area contributed by atoms with E-state index in [9.17, 15) is 4.79 Å². The normalized spacial score (nSPS) is 10.2. The van der Waals surface area contributed by atoms with Crippen molar-refractivity contribution in [2.45, 2.75) is 39.5 Å². The maximum atomic E-state index is 11.3. The fourth-order valence-corrected chi connectivity index (χ4v) is 1.29. The van der Waals surface area contributed by atoms with E-state index in [1.54, 1.807) is 6.92 Å². The third-order valence-electron chi connectivity index (χ3n) is 2.19. The van der Waals surface area contributed by atoms with Crippen LogP contribution in [0.2, 0.25) is 0 Å². The molecule has 0 aliphatic rings. The third kappa shape index (κ3) is 5.89. The lowest BCUT2D eigenvalue weighted by atomic mass is 10.2. The second-order valence-electron chi connectivity index (χ2n) is 3.81. The van der Waals surface area contributed by atoms with Crippen LogP contribution in [0.3, 0.4) is 0 Å². The summed E-state index contributed by atoms with van der Waals surface area (Å²) < 4.78 is 9.72. The molecule has 0 aliphatic carbocycles. The fourth-order valence-electron chi connectivity index (χ4n) is 1.29. The molecule has 1 heterocycles.